The fourth-order valence-corrected chi connectivity index (χ4v) is 1.24. The molecule has 0 fully saturated rings. The van der Waals surface area contributed by atoms with Crippen molar-refractivity contribution in [1.29, 1.82) is 0 Å². The van der Waals surface area contributed by atoms with Crippen LogP contribution >= 0.6 is 15.9 Å². The third-order valence-corrected chi connectivity index (χ3v) is 3.02. The summed E-state index contributed by atoms with van der Waals surface area (Å²) in [5.74, 6) is 0.157. The number of pyridine rings is 1. The summed E-state index contributed by atoms with van der Waals surface area (Å²) in [6, 6.07) is 2.86. The minimum atomic E-state index is -0.267. The zero-order valence-corrected chi connectivity index (χ0v) is 10.0. The van der Waals surface area contributed by atoms with E-state index >= 15 is 0 Å². The molecule has 1 atom stereocenters. The topological polar surface area (TPSA) is 62.0 Å². The highest BCUT2D eigenvalue weighted by atomic mass is 79.9. The average Bonchev–Trinajstić information content (AvgIpc) is 2.25. The van der Waals surface area contributed by atoms with E-state index in [1.165, 1.54) is 12.3 Å². The second-order valence-electron chi connectivity index (χ2n) is 3.41. The number of halogens is 1. The van der Waals surface area contributed by atoms with E-state index in [2.05, 4.69) is 26.2 Å². The summed E-state index contributed by atoms with van der Waals surface area (Å²) >= 11 is 3.33. The Bertz CT molecular complexity index is 389. The van der Waals surface area contributed by atoms with Gasteiger partial charge in [-0.05, 0) is 12.0 Å². The lowest BCUT2D eigenvalue weighted by atomic mass is 10.2. The van der Waals surface area contributed by atoms with Crippen LogP contribution in [0.1, 0.15) is 17.3 Å². The molecule has 1 aromatic heterocycles. The van der Waals surface area contributed by atoms with Crippen LogP contribution in [0.15, 0.2) is 23.1 Å². The summed E-state index contributed by atoms with van der Waals surface area (Å²) in [5.41, 5.74) is 0.122. The molecule has 2 N–H and O–H groups in total. The van der Waals surface area contributed by atoms with Gasteiger partial charge in [-0.2, -0.15) is 0 Å². The SMILES string of the molecule is CC(CBr)CNC(=O)c1cc[nH]c(=O)c1. The third-order valence-electron chi connectivity index (χ3n) is 1.91. The molecule has 0 aliphatic carbocycles. The van der Waals surface area contributed by atoms with Crippen LogP contribution in [0.2, 0.25) is 0 Å². The second-order valence-corrected chi connectivity index (χ2v) is 4.06. The summed E-state index contributed by atoms with van der Waals surface area (Å²) in [6.07, 6.45) is 1.46. The number of alkyl halides is 1. The summed E-state index contributed by atoms with van der Waals surface area (Å²) in [6.45, 7) is 2.61. The zero-order valence-electron chi connectivity index (χ0n) is 8.42. The Labute approximate surface area is 96.2 Å². The Morgan fingerprint density at radius 3 is 3.00 bits per heavy atom. The molecule has 0 spiro atoms. The number of H-pyrrole nitrogens is 1. The highest BCUT2D eigenvalue weighted by Gasteiger charge is 2.07. The maximum absolute atomic E-state index is 11.5. The predicted octanol–water partition coefficient (Wildman–Crippen LogP) is 1.14. The van der Waals surface area contributed by atoms with E-state index in [9.17, 15) is 9.59 Å². The number of nitrogens with one attached hydrogen (secondary N) is 2. The minimum absolute atomic E-state index is 0.214. The van der Waals surface area contributed by atoms with E-state index in [0.29, 0.717) is 18.0 Å². The summed E-state index contributed by atoms with van der Waals surface area (Å²) in [7, 11) is 0. The Hall–Kier alpha value is -1.10. The van der Waals surface area contributed by atoms with Gasteiger partial charge in [0.1, 0.15) is 0 Å². The van der Waals surface area contributed by atoms with Crippen LogP contribution in [-0.2, 0) is 0 Å². The van der Waals surface area contributed by atoms with Crippen molar-refractivity contribution in [1.82, 2.24) is 10.3 Å². The molecular weight excluding hydrogens is 260 g/mol. The first kappa shape index (κ1) is 12.0. The number of hydrogen-bond donors (Lipinski definition) is 2. The van der Waals surface area contributed by atoms with Gasteiger partial charge in [0, 0.05) is 29.7 Å². The van der Waals surface area contributed by atoms with Crippen molar-refractivity contribution in [2.45, 2.75) is 6.92 Å². The van der Waals surface area contributed by atoms with E-state index in [1.54, 1.807) is 6.07 Å². The summed E-state index contributed by atoms with van der Waals surface area (Å²) < 4.78 is 0. The molecule has 4 nitrogen and oxygen atoms in total. The number of carbonyl (C=O) groups excluding carboxylic acids is 1. The maximum atomic E-state index is 11.5. The van der Waals surface area contributed by atoms with Crippen molar-refractivity contribution >= 4 is 21.8 Å². The number of carbonyl (C=O) groups is 1. The monoisotopic (exact) mass is 272 g/mol. The molecule has 5 heteroatoms. The standard InChI is InChI=1S/C10H13BrN2O2/c1-7(5-11)6-13-10(15)8-2-3-12-9(14)4-8/h2-4,7H,5-6H2,1H3,(H,12,14)(H,13,15). The highest BCUT2D eigenvalue weighted by molar-refractivity contribution is 9.09. The second kappa shape index (κ2) is 5.70. The molecule has 1 heterocycles. The lowest BCUT2D eigenvalue weighted by molar-refractivity contribution is 0.0949. The van der Waals surface area contributed by atoms with Gasteiger partial charge in [0.05, 0.1) is 0 Å². The molecule has 0 aromatic carbocycles. The first-order valence-electron chi connectivity index (χ1n) is 4.66. The van der Waals surface area contributed by atoms with Crippen LogP contribution in [-0.4, -0.2) is 22.8 Å². The van der Waals surface area contributed by atoms with Gasteiger partial charge in [0.25, 0.3) is 5.91 Å². The molecule has 1 rings (SSSR count). The molecule has 0 aliphatic heterocycles. The van der Waals surface area contributed by atoms with E-state index in [0.717, 1.165) is 5.33 Å². The number of rotatable bonds is 4. The van der Waals surface area contributed by atoms with E-state index in [-0.39, 0.29) is 11.5 Å². The summed E-state index contributed by atoms with van der Waals surface area (Å²) in [5, 5.41) is 3.59. The van der Waals surface area contributed by atoms with Crippen molar-refractivity contribution < 1.29 is 4.79 Å². The van der Waals surface area contributed by atoms with Crippen LogP contribution in [0.4, 0.5) is 0 Å². The minimum Gasteiger partial charge on any atom is -0.352 e. The Balaban J connectivity index is 2.58. The van der Waals surface area contributed by atoms with Crippen molar-refractivity contribution in [3.05, 3.63) is 34.2 Å². The molecule has 0 saturated heterocycles. The van der Waals surface area contributed by atoms with Crippen LogP contribution in [0.5, 0.6) is 0 Å². The van der Waals surface area contributed by atoms with Gasteiger partial charge in [0.2, 0.25) is 5.56 Å². The number of hydrogen-bond acceptors (Lipinski definition) is 2. The van der Waals surface area contributed by atoms with Crippen LogP contribution in [0, 0.1) is 5.92 Å². The molecule has 1 unspecified atom stereocenters. The van der Waals surface area contributed by atoms with E-state index < -0.39 is 0 Å². The molecule has 0 saturated carbocycles. The van der Waals surface area contributed by atoms with Crippen molar-refractivity contribution in [3.63, 3.8) is 0 Å². The molecule has 1 amide bonds. The van der Waals surface area contributed by atoms with E-state index in [1.807, 2.05) is 6.92 Å². The van der Waals surface area contributed by atoms with E-state index in [4.69, 9.17) is 0 Å². The Kier molecular flexibility index (Phi) is 4.55. The van der Waals surface area contributed by atoms with Gasteiger partial charge >= 0.3 is 0 Å². The smallest absolute Gasteiger partial charge is 0.251 e. The van der Waals surface area contributed by atoms with Crippen LogP contribution < -0.4 is 10.9 Å². The molecule has 0 bridgehead atoms. The van der Waals surface area contributed by atoms with Crippen LogP contribution in [0.3, 0.4) is 0 Å². The highest BCUT2D eigenvalue weighted by Crippen LogP contribution is 1.99. The van der Waals surface area contributed by atoms with Crippen molar-refractivity contribution in [2.24, 2.45) is 5.92 Å². The predicted molar refractivity (Wildman–Crippen MR) is 62.4 cm³/mol. The number of aromatic amines is 1. The lowest BCUT2D eigenvalue weighted by Gasteiger charge is -2.08. The van der Waals surface area contributed by atoms with Crippen molar-refractivity contribution in [3.8, 4) is 0 Å². The van der Waals surface area contributed by atoms with Gasteiger partial charge in [-0.1, -0.05) is 22.9 Å². The van der Waals surface area contributed by atoms with Crippen LogP contribution in [0.25, 0.3) is 0 Å². The van der Waals surface area contributed by atoms with Crippen molar-refractivity contribution in [2.75, 3.05) is 11.9 Å². The Morgan fingerprint density at radius 2 is 2.40 bits per heavy atom. The fraction of sp³-hybridized carbons (Fsp3) is 0.400. The third kappa shape index (κ3) is 3.87. The van der Waals surface area contributed by atoms with Gasteiger partial charge in [-0.3, -0.25) is 9.59 Å². The molecule has 0 aliphatic rings. The lowest BCUT2D eigenvalue weighted by Crippen LogP contribution is -2.29. The van der Waals surface area contributed by atoms with Gasteiger partial charge in [-0.15, -0.1) is 0 Å². The largest absolute Gasteiger partial charge is 0.352 e. The molecule has 15 heavy (non-hydrogen) atoms. The average molecular weight is 273 g/mol. The quantitative estimate of drug-likeness (QED) is 0.808. The molecule has 0 radical (unpaired) electrons. The first-order chi connectivity index (χ1) is 7.13. The number of amides is 1. The Morgan fingerprint density at radius 1 is 1.67 bits per heavy atom. The molecule has 82 valence electrons. The van der Waals surface area contributed by atoms with Gasteiger partial charge < -0.3 is 10.3 Å². The molecular formula is C10H13BrN2O2. The molecule has 1 aromatic rings. The summed E-state index contributed by atoms with van der Waals surface area (Å²) in [4.78, 5) is 24.9. The van der Waals surface area contributed by atoms with Gasteiger partial charge in [-0.25, -0.2) is 0 Å². The first-order valence-corrected chi connectivity index (χ1v) is 5.78. The number of aromatic nitrogens is 1. The maximum Gasteiger partial charge on any atom is 0.251 e. The zero-order chi connectivity index (χ0) is 11.3. The fourth-order valence-electron chi connectivity index (χ4n) is 1.01. The normalized spacial score (nSPS) is 12.1. The van der Waals surface area contributed by atoms with Gasteiger partial charge in [0.15, 0.2) is 0 Å².